The number of aromatic amines is 1. The summed E-state index contributed by atoms with van der Waals surface area (Å²) in [5.74, 6) is -0.318. The van der Waals surface area contributed by atoms with E-state index in [9.17, 15) is 9.18 Å². The summed E-state index contributed by atoms with van der Waals surface area (Å²) in [5, 5.41) is 9.90. The molecule has 1 amide bonds. The number of H-pyrrole nitrogens is 1. The van der Waals surface area contributed by atoms with E-state index < -0.39 is 0 Å². The first-order valence-corrected chi connectivity index (χ1v) is 8.64. The number of nitrogens with one attached hydrogen (secondary N) is 1. The van der Waals surface area contributed by atoms with E-state index in [1.165, 1.54) is 12.1 Å². The SMILES string of the molecule is CCN(CC#N)C(=O)CCc1c(-c2ccc(F)cc2)[nH]c2ccccc12. The van der Waals surface area contributed by atoms with Gasteiger partial charge in [-0.25, -0.2) is 4.39 Å². The zero-order valence-electron chi connectivity index (χ0n) is 14.6. The number of carbonyl (C=O) groups is 1. The molecule has 0 atom stereocenters. The number of carbonyl (C=O) groups excluding carboxylic acids is 1. The van der Waals surface area contributed by atoms with Crippen molar-refractivity contribution in [3.8, 4) is 17.3 Å². The van der Waals surface area contributed by atoms with Crippen LogP contribution in [0.2, 0.25) is 0 Å². The zero-order valence-corrected chi connectivity index (χ0v) is 14.6. The van der Waals surface area contributed by atoms with Gasteiger partial charge in [-0.2, -0.15) is 5.26 Å². The third kappa shape index (κ3) is 3.60. The lowest BCUT2D eigenvalue weighted by Crippen LogP contribution is -2.31. The smallest absolute Gasteiger partial charge is 0.223 e. The molecular weight excluding hydrogens is 329 g/mol. The van der Waals surface area contributed by atoms with Crippen LogP contribution in [0.3, 0.4) is 0 Å². The van der Waals surface area contributed by atoms with Crippen molar-refractivity contribution in [3.63, 3.8) is 0 Å². The van der Waals surface area contributed by atoms with Crippen LogP contribution in [0.5, 0.6) is 0 Å². The molecule has 0 aliphatic carbocycles. The number of nitrogens with zero attached hydrogens (tertiary/aromatic N) is 2. The first kappa shape index (κ1) is 17.7. The number of fused-ring (bicyclic) bond motifs is 1. The van der Waals surface area contributed by atoms with E-state index in [2.05, 4.69) is 4.98 Å². The maximum atomic E-state index is 13.3. The summed E-state index contributed by atoms with van der Waals surface area (Å²) in [7, 11) is 0. The number of rotatable bonds is 6. The van der Waals surface area contributed by atoms with Gasteiger partial charge in [-0.15, -0.1) is 0 Å². The van der Waals surface area contributed by atoms with Crippen molar-refractivity contribution < 1.29 is 9.18 Å². The number of amides is 1. The fraction of sp³-hybridized carbons (Fsp3) is 0.238. The summed E-state index contributed by atoms with van der Waals surface area (Å²) in [6.45, 7) is 2.49. The van der Waals surface area contributed by atoms with Gasteiger partial charge < -0.3 is 9.88 Å². The summed E-state index contributed by atoms with van der Waals surface area (Å²) >= 11 is 0. The maximum absolute atomic E-state index is 13.3. The molecule has 5 heteroatoms. The number of para-hydroxylation sites is 1. The van der Waals surface area contributed by atoms with Crippen molar-refractivity contribution in [2.75, 3.05) is 13.1 Å². The standard InChI is InChI=1S/C21H20FN3O/c1-2-25(14-13-23)20(26)12-11-18-17-5-3-4-6-19(17)24-21(18)15-7-9-16(22)10-8-15/h3-10,24H,2,11-12,14H2,1H3. The quantitative estimate of drug-likeness (QED) is 0.675. The Bertz CT molecular complexity index is 954. The van der Waals surface area contributed by atoms with Gasteiger partial charge in [-0.3, -0.25) is 4.79 Å². The molecule has 0 unspecified atom stereocenters. The molecule has 132 valence electrons. The minimum atomic E-state index is -0.281. The molecule has 4 nitrogen and oxygen atoms in total. The molecule has 26 heavy (non-hydrogen) atoms. The first-order valence-electron chi connectivity index (χ1n) is 8.64. The Kier molecular flexibility index (Phi) is 5.33. The summed E-state index contributed by atoms with van der Waals surface area (Å²) < 4.78 is 13.3. The Morgan fingerprint density at radius 1 is 1.19 bits per heavy atom. The van der Waals surface area contributed by atoms with Crippen LogP contribution < -0.4 is 0 Å². The molecule has 2 aromatic carbocycles. The van der Waals surface area contributed by atoms with Gasteiger partial charge >= 0.3 is 0 Å². The largest absolute Gasteiger partial charge is 0.354 e. The Morgan fingerprint density at radius 2 is 1.92 bits per heavy atom. The molecule has 1 N–H and O–H groups in total. The lowest BCUT2D eigenvalue weighted by atomic mass is 10.0. The summed E-state index contributed by atoms with van der Waals surface area (Å²) in [4.78, 5) is 17.3. The lowest BCUT2D eigenvalue weighted by molar-refractivity contribution is -0.130. The Morgan fingerprint density at radius 3 is 2.62 bits per heavy atom. The highest BCUT2D eigenvalue weighted by molar-refractivity contribution is 5.91. The number of hydrogen-bond donors (Lipinski definition) is 1. The van der Waals surface area contributed by atoms with Crippen LogP contribution >= 0.6 is 0 Å². The highest BCUT2D eigenvalue weighted by Crippen LogP contribution is 2.31. The van der Waals surface area contributed by atoms with Crippen molar-refractivity contribution in [1.29, 1.82) is 5.26 Å². The lowest BCUT2D eigenvalue weighted by Gasteiger charge is -2.17. The number of nitriles is 1. The van der Waals surface area contributed by atoms with Crippen LogP contribution in [0, 0.1) is 17.1 Å². The number of benzene rings is 2. The van der Waals surface area contributed by atoms with Gasteiger partial charge in [-0.05, 0) is 54.8 Å². The van der Waals surface area contributed by atoms with Crippen molar-refractivity contribution in [2.24, 2.45) is 0 Å². The summed E-state index contributed by atoms with van der Waals surface area (Å²) in [5.41, 5.74) is 3.81. The molecular formula is C21H20FN3O. The van der Waals surface area contributed by atoms with Gasteiger partial charge in [0.05, 0.1) is 6.07 Å². The molecule has 0 aliphatic heterocycles. The van der Waals surface area contributed by atoms with Gasteiger partial charge in [0.2, 0.25) is 5.91 Å². The minimum Gasteiger partial charge on any atom is -0.354 e. The molecule has 0 saturated heterocycles. The van der Waals surface area contributed by atoms with E-state index >= 15 is 0 Å². The van der Waals surface area contributed by atoms with E-state index in [1.807, 2.05) is 37.3 Å². The topological polar surface area (TPSA) is 59.9 Å². The highest BCUT2D eigenvalue weighted by Gasteiger charge is 2.16. The molecule has 1 heterocycles. The Hall–Kier alpha value is -3.13. The third-order valence-corrected chi connectivity index (χ3v) is 4.53. The van der Waals surface area contributed by atoms with Gasteiger partial charge in [0.25, 0.3) is 0 Å². The Labute approximate surface area is 151 Å². The summed E-state index contributed by atoms with van der Waals surface area (Å²) in [6.07, 6.45) is 0.878. The molecule has 0 fully saturated rings. The van der Waals surface area contributed by atoms with Crippen molar-refractivity contribution >= 4 is 16.8 Å². The van der Waals surface area contributed by atoms with E-state index in [4.69, 9.17) is 5.26 Å². The van der Waals surface area contributed by atoms with Crippen LogP contribution in [-0.2, 0) is 11.2 Å². The predicted molar refractivity (Wildman–Crippen MR) is 99.9 cm³/mol. The fourth-order valence-corrected chi connectivity index (χ4v) is 3.17. The molecule has 0 spiro atoms. The van der Waals surface area contributed by atoms with E-state index in [1.54, 1.807) is 17.0 Å². The molecule has 0 bridgehead atoms. The molecule has 3 rings (SSSR count). The van der Waals surface area contributed by atoms with Crippen LogP contribution in [0.4, 0.5) is 4.39 Å². The van der Waals surface area contributed by atoms with Crippen molar-refractivity contribution in [1.82, 2.24) is 9.88 Å². The predicted octanol–water partition coefficient (Wildman–Crippen LogP) is 4.28. The van der Waals surface area contributed by atoms with Crippen LogP contribution in [-0.4, -0.2) is 28.9 Å². The van der Waals surface area contributed by atoms with Crippen LogP contribution in [0.25, 0.3) is 22.2 Å². The monoisotopic (exact) mass is 349 g/mol. The van der Waals surface area contributed by atoms with E-state index in [0.29, 0.717) is 19.4 Å². The maximum Gasteiger partial charge on any atom is 0.223 e. The number of aromatic nitrogens is 1. The van der Waals surface area contributed by atoms with Crippen molar-refractivity contribution in [2.45, 2.75) is 19.8 Å². The van der Waals surface area contributed by atoms with E-state index in [-0.39, 0.29) is 18.3 Å². The molecule has 1 aromatic heterocycles. The van der Waals surface area contributed by atoms with Crippen LogP contribution in [0.1, 0.15) is 18.9 Å². The molecule has 3 aromatic rings. The van der Waals surface area contributed by atoms with E-state index in [0.717, 1.165) is 27.7 Å². The van der Waals surface area contributed by atoms with Gasteiger partial charge in [0.15, 0.2) is 0 Å². The normalized spacial score (nSPS) is 10.7. The van der Waals surface area contributed by atoms with Gasteiger partial charge in [-0.1, -0.05) is 18.2 Å². The fourth-order valence-electron chi connectivity index (χ4n) is 3.17. The molecule has 0 aliphatic rings. The minimum absolute atomic E-state index is 0.0376. The zero-order chi connectivity index (χ0) is 18.5. The number of aryl methyl sites for hydroxylation is 1. The van der Waals surface area contributed by atoms with Gasteiger partial charge in [0, 0.05) is 29.6 Å². The highest BCUT2D eigenvalue weighted by atomic mass is 19.1. The second kappa shape index (κ2) is 7.83. The average Bonchev–Trinajstić information content (AvgIpc) is 3.03. The molecule has 0 saturated carbocycles. The Balaban J connectivity index is 1.94. The van der Waals surface area contributed by atoms with Gasteiger partial charge in [0.1, 0.15) is 12.4 Å². The molecule has 0 radical (unpaired) electrons. The first-order chi connectivity index (χ1) is 12.6. The second-order valence-electron chi connectivity index (χ2n) is 6.10. The number of halogens is 1. The summed E-state index contributed by atoms with van der Waals surface area (Å²) in [6, 6.07) is 16.3. The van der Waals surface area contributed by atoms with Crippen molar-refractivity contribution in [3.05, 3.63) is 59.9 Å². The average molecular weight is 349 g/mol. The van der Waals surface area contributed by atoms with Crippen LogP contribution in [0.15, 0.2) is 48.5 Å². The third-order valence-electron chi connectivity index (χ3n) is 4.53. The second-order valence-corrected chi connectivity index (χ2v) is 6.10. The number of hydrogen-bond acceptors (Lipinski definition) is 2.